The first-order valence-corrected chi connectivity index (χ1v) is 18.5. The zero-order valence-electron chi connectivity index (χ0n) is 30.3. The number of ether oxygens (including phenoxy) is 7. The fraction of sp³-hybridized carbons (Fsp3) is 0.900. The van der Waals surface area contributed by atoms with Crippen LogP contribution >= 0.6 is 8.25 Å². The molecule has 6 saturated heterocycles. The first-order valence-electron chi connectivity index (χ1n) is 17.4. The molecule has 0 aromatic heterocycles. The van der Waals surface area contributed by atoms with E-state index in [0.717, 1.165) is 13.8 Å². The van der Waals surface area contributed by atoms with Gasteiger partial charge in [-0.05, 0) is 13.8 Å². The molecule has 6 fully saturated rings. The topological polar surface area (TPSA) is 338 Å². The molecule has 0 saturated carbocycles. The van der Waals surface area contributed by atoms with Gasteiger partial charge in [0.2, 0.25) is 24.0 Å². The van der Waals surface area contributed by atoms with Gasteiger partial charge in [-0.25, -0.2) is 0 Å². The number of nitrogens with one attached hydrogen (secondary N) is 3. The Morgan fingerprint density at radius 1 is 0.527 bits per heavy atom. The second-order valence-corrected chi connectivity index (χ2v) is 14.6. The highest BCUT2D eigenvalue weighted by molar-refractivity contribution is 7.33. The van der Waals surface area contributed by atoms with Crippen LogP contribution in [0, 0.1) is 0 Å². The van der Waals surface area contributed by atoms with Crippen LogP contribution in [0.4, 0.5) is 0 Å². The van der Waals surface area contributed by atoms with E-state index in [9.17, 15) is 54.7 Å². The lowest BCUT2D eigenvalue weighted by atomic mass is 9.93. The molecule has 6 aliphatic heterocycles. The van der Waals surface area contributed by atoms with Gasteiger partial charge in [-0.3, -0.25) is 14.4 Å². The third-order valence-electron chi connectivity index (χ3n) is 9.70. The summed E-state index contributed by atoms with van der Waals surface area (Å²) in [4.78, 5) is 42.5. The molecule has 6 rings (SSSR count). The maximum atomic E-state index is 13.0. The van der Waals surface area contributed by atoms with Crippen LogP contribution in [0.3, 0.4) is 0 Å². The molecule has 0 aliphatic carbocycles. The van der Waals surface area contributed by atoms with Crippen LogP contribution < -0.4 is 16.0 Å². The average Bonchev–Trinajstić information content (AvgIpc) is 3.10. The molecule has 6 aliphatic rings. The average molecular weight is 819 g/mol. The highest BCUT2D eigenvalue weighted by Gasteiger charge is 2.57. The molecule has 25 heteroatoms. The van der Waals surface area contributed by atoms with Gasteiger partial charge < -0.3 is 84.9 Å². The minimum atomic E-state index is -3.40. The van der Waals surface area contributed by atoms with Crippen molar-refractivity contribution in [3.8, 4) is 0 Å². The van der Waals surface area contributed by atoms with Gasteiger partial charge in [0.15, 0.2) is 25.0 Å². The number of carbonyl (C=O) groups is 3. The van der Waals surface area contributed by atoms with E-state index >= 15 is 0 Å². The van der Waals surface area contributed by atoms with Crippen LogP contribution in [0.2, 0.25) is 0 Å². The van der Waals surface area contributed by atoms with Crippen molar-refractivity contribution < 1.29 is 102 Å². The van der Waals surface area contributed by atoms with Gasteiger partial charge in [0.1, 0.15) is 73.1 Å². The standard InChI is InChI=1S/C30H48N3O21P/c1-8-15(31-10(3)36)24-21(42)29(45-8)51-26-19(40)14(7-35)48-30(22(26)43)53-55(44)54-52-23-9(2)46-27(16(20(23)41)32-11(4)37)50-25-17(33-12(5)38)28(49-24)47-13(6-34)18(25)39/h8-9,13-30,34-35,39-43H,6-7H2,1-5H3,(H2-,31,32,33,36,37,38)/p+1. The number of amides is 3. The normalized spacial score (nSPS) is 47.6. The summed E-state index contributed by atoms with van der Waals surface area (Å²) < 4.78 is 64.4. The molecule has 314 valence electrons. The Kier molecular flexibility index (Phi) is 14.9. The van der Waals surface area contributed by atoms with Gasteiger partial charge in [0.05, 0.1) is 36.1 Å². The monoisotopic (exact) mass is 818 g/mol. The van der Waals surface area contributed by atoms with Gasteiger partial charge in [-0.15, -0.1) is 0 Å². The van der Waals surface area contributed by atoms with Gasteiger partial charge >= 0.3 is 8.25 Å². The molecule has 8 bridgehead atoms. The van der Waals surface area contributed by atoms with E-state index < -0.39 is 162 Å². The Balaban J connectivity index is 1.61. The predicted octanol–water partition coefficient (Wildman–Crippen LogP) is -5.61. The van der Waals surface area contributed by atoms with Crippen molar-refractivity contribution in [3.63, 3.8) is 0 Å². The molecule has 10 N–H and O–H groups in total. The Labute approximate surface area is 314 Å². The van der Waals surface area contributed by atoms with Crippen LogP contribution in [-0.2, 0) is 66.2 Å². The number of aliphatic hydroxyl groups excluding tert-OH is 7. The first-order chi connectivity index (χ1) is 25.9. The number of hydrogen-bond acceptors (Lipinski definition) is 21. The smallest absolute Gasteiger partial charge is 0.394 e. The number of hydrogen-bond donors (Lipinski definition) is 10. The number of aliphatic hydroxyl groups is 7. The van der Waals surface area contributed by atoms with Crippen molar-refractivity contribution in [3.05, 3.63) is 0 Å². The molecule has 0 aromatic carbocycles. The summed E-state index contributed by atoms with van der Waals surface area (Å²) in [6.45, 7) is 4.52. The van der Waals surface area contributed by atoms with E-state index in [1.165, 1.54) is 20.8 Å². The highest BCUT2D eigenvalue weighted by Crippen LogP contribution is 2.38. The van der Waals surface area contributed by atoms with Crippen LogP contribution in [-0.4, -0.2) is 189 Å². The van der Waals surface area contributed by atoms with E-state index in [4.69, 9.17) is 47.2 Å². The Bertz CT molecular complexity index is 1370. The minimum Gasteiger partial charge on any atom is -0.394 e. The van der Waals surface area contributed by atoms with Crippen molar-refractivity contribution in [2.75, 3.05) is 13.2 Å². The van der Waals surface area contributed by atoms with E-state index in [1.54, 1.807) is 0 Å². The summed E-state index contributed by atoms with van der Waals surface area (Å²) in [5.74, 6) is -1.99. The van der Waals surface area contributed by atoms with Crippen molar-refractivity contribution in [1.29, 1.82) is 0 Å². The third kappa shape index (κ3) is 9.76. The lowest BCUT2D eigenvalue weighted by Gasteiger charge is -2.51. The van der Waals surface area contributed by atoms with Gasteiger partial charge in [0.25, 0.3) is 0 Å². The lowest BCUT2D eigenvalue weighted by Crippen LogP contribution is -2.71. The molecule has 0 spiro atoms. The van der Waals surface area contributed by atoms with Crippen molar-refractivity contribution in [2.45, 2.75) is 157 Å². The Morgan fingerprint density at radius 3 is 1.56 bits per heavy atom. The number of fused-ring (bicyclic) bond motifs is 5. The zero-order chi connectivity index (χ0) is 40.5. The minimum absolute atomic E-state index is 0.597. The molecule has 24 nitrogen and oxygen atoms in total. The number of rotatable bonds is 5. The molecular formula is C30H49N3O21P+. The molecule has 21 unspecified atom stereocenters. The maximum Gasteiger partial charge on any atom is 0.731 e. The molecule has 0 radical (unpaired) electrons. The summed E-state index contributed by atoms with van der Waals surface area (Å²) in [6.07, 6.45) is -28.2. The van der Waals surface area contributed by atoms with Gasteiger partial charge in [0, 0.05) is 25.3 Å². The summed E-state index contributed by atoms with van der Waals surface area (Å²) in [7, 11) is -3.40. The molecule has 55 heavy (non-hydrogen) atoms. The van der Waals surface area contributed by atoms with Crippen LogP contribution in [0.1, 0.15) is 34.6 Å². The van der Waals surface area contributed by atoms with Gasteiger partial charge in [-0.2, -0.15) is 4.89 Å². The Morgan fingerprint density at radius 2 is 0.982 bits per heavy atom. The van der Waals surface area contributed by atoms with Crippen molar-refractivity contribution in [1.82, 2.24) is 16.0 Å². The highest BCUT2D eigenvalue weighted by atomic mass is 31.1. The molecule has 6 heterocycles. The fourth-order valence-electron chi connectivity index (χ4n) is 7.07. The van der Waals surface area contributed by atoms with Crippen LogP contribution in [0.15, 0.2) is 0 Å². The van der Waals surface area contributed by atoms with Crippen molar-refractivity contribution >= 4 is 26.0 Å². The third-order valence-corrected chi connectivity index (χ3v) is 10.3. The SMILES string of the molecule is CC(=O)NC1C2OC(C)C(OO[P+](=O)OC3OC(CO)C(O)C(OC4OC(C)C(NC(C)=O)C(OC5OC(CO)C(O)C(O2)C5NC(C)=O)C4O)C3O)C1O. The molecule has 0 aromatic rings. The molecule has 3 amide bonds. The zero-order valence-corrected chi connectivity index (χ0v) is 31.1. The fourth-order valence-corrected chi connectivity index (χ4v) is 7.62. The largest absolute Gasteiger partial charge is 0.731 e. The van der Waals surface area contributed by atoms with Crippen molar-refractivity contribution in [2.24, 2.45) is 0 Å². The number of carbonyl (C=O) groups excluding carboxylic acids is 3. The van der Waals surface area contributed by atoms with Crippen LogP contribution in [0.25, 0.3) is 0 Å². The van der Waals surface area contributed by atoms with E-state index in [-0.39, 0.29) is 0 Å². The predicted molar refractivity (Wildman–Crippen MR) is 172 cm³/mol. The lowest BCUT2D eigenvalue weighted by molar-refractivity contribution is -0.375. The van der Waals surface area contributed by atoms with E-state index in [1.807, 2.05) is 0 Å². The van der Waals surface area contributed by atoms with Gasteiger partial charge in [-0.1, -0.05) is 4.52 Å². The summed E-state index contributed by atoms with van der Waals surface area (Å²) in [5.41, 5.74) is 0. The first kappa shape index (κ1) is 43.9. The molecule has 21 atom stereocenters. The van der Waals surface area contributed by atoms with Crippen LogP contribution in [0.5, 0.6) is 0 Å². The van der Waals surface area contributed by atoms with E-state index in [2.05, 4.69) is 16.0 Å². The summed E-state index contributed by atoms with van der Waals surface area (Å²) in [5, 5.41) is 84.6. The quantitative estimate of drug-likeness (QED) is 0.0913. The van der Waals surface area contributed by atoms with E-state index in [0.29, 0.717) is 0 Å². The Hall–Kier alpha value is -2.17. The second kappa shape index (κ2) is 18.6. The maximum absolute atomic E-state index is 13.0. The summed E-state index contributed by atoms with van der Waals surface area (Å²) in [6, 6.07) is -4.22. The summed E-state index contributed by atoms with van der Waals surface area (Å²) >= 11 is 0. The molecular weight excluding hydrogens is 769 g/mol. The second-order valence-electron chi connectivity index (χ2n) is 13.8.